The van der Waals surface area contributed by atoms with Gasteiger partial charge in [-0.05, 0) is 0 Å². The first-order valence-electron chi connectivity index (χ1n) is 9.59. The van der Waals surface area contributed by atoms with Crippen molar-refractivity contribution in [2.75, 3.05) is 36.8 Å². The molecule has 29 heavy (non-hydrogen) atoms. The van der Waals surface area contributed by atoms with Crippen molar-refractivity contribution in [3.63, 3.8) is 0 Å². The SMILES string of the molecule is Nc1ncnc(N2CC[NH+](C(c3ccccc3)c3ccccc3)CC2)c1[N+](=O)[O-]. The predicted molar refractivity (Wildman–Crippen MR) is 111 cm³/mol. The molecular formula is C21H23N6O2+. The van der Waals surface area contributed by atoms with Crippen molar-refractivity contribution >= 4 is 17.3 Å². The van der Waals surface area contributed by atoms with Gasteiger partial charge in [-0.3, -0.25) is 10.1 Å². The van der Waals surface area contributed by atoms with Crippen molar-refractivity contribution in [3.8, 4) is 0 Å². The summed E-state index contributed by atoms with van der Waals surface area (Å²) >= 11 is 0. The quantitative estimate of drug-likeness (QED) is 0.504. The van der Waals surface area contributed by atoms with Gasteiger partial charge in [0.1, 0.15) is 12.4 Å². The van der Waals surface area contributed by atoms with Crippen molar-refractivity contribution in [2.24, 2.45) is 0 Å². The van der Waals surface area contributed by atoms with Gasteiger partial charge < -0.3 is 15.5 Å². The summed E-state index contributed by atoms with van der Waals surface area (Å²) < 4.78 is 0. The Morgan fingerprint density at radius 2 is 1.52 bits per heavy atom. The number of nitrogen functional groups attached to an aromatic ring is 1. The summed E-state index contributed by atoms with van der Waals surface area (Å²) in [5.41, 5.74) is 8.05. The number of anilines is 2. The minimum absolute atomic E-state index is 0.0961. The minimum atomic E-state index is -0.499. The molecule has 0 bridgehead atoms. The van der Waals surface area contributed by atoms with Gasteiger partial charge in [-0.1, -0.05) is 60.7 Å². The van der Waals surface area contributed by atoms with Crippen LogP contribution in [0.4, 0.5) is 17.3 Å². The average molecular weight is 391 g/mol. The molecule has 1 aromatic heterocycles. The van der Waals surface area contributed by atoms with Crippen LogP contribution in [0.1, 0.15) is 17.2 Å². The van der Waals surface area contributed by atoms with E-state index in [1.807, 2.05) is 17.0 Å². The summed E-state index contributed by atoms with van der Waals surface area (Å²) in [6.45, 7) is 2.97. The Morgan fingerprint density at radius 3 is 2.03 bits per heavy atom. The standard InChI is InChI=1S/C21H22N6O2/c22-20-19(27(28)29)21(24-15-23-20)26-13-11-25(12-14-26)18(16-7-3-1-4-8-16)17-9-5-2-6-10-17/h1-10,15,18H,11-14H2,(H2,22,23,24)/p+1. The van der Waals surface area contributed by atoms with E-state index < -0.39 is 4.92 Å². The Kier molecular flexibility index (Phi) is 5.35. The molecule has 1 fully saturated rings. The van der Waals surface area contributed by atoms with Gasteiger partial charge in [0.05, 0.1) is 31.1 Å². The summed E-state index contributed by atoms with van der Waals surface area (Å²) in [5.74, 6) is 0.207. The molecule has 0 saturated carbocycles. The van der Waals surface area contributed by atoms with Gasteiger partial charge in [0.15, 0.2) is 0 Å². The zero-order chi connectivity index (χ0) is 20.2. The van der Waals surface area contributed by atoms with Crippen LogP contribution in [-0.2, 0) is 0 Å². The number of piperazine rings is 1. The van der Waals surface area contributed by atoms with Gasteiger partial charge in [-0.2, -0.15) is 0 Å². The fourth-order valence-electron chi connectivity index (χ4n) is 4.04. The molecule has 0 amide bonds. The van der Waals surface area contributed by atoms with E-state index in [2.05, 4.69) is 58.5 Å². The van der Waals surface area contributed by atoms with Crippen LogP contribution in [0, 0.1) is 10.1 Å². The normalized spacial score (nSPS) is 14.9. The van der Waals surface area contributed by atoms with Crippen LogP contribution in [0.15, 0.2) is 67.0 Å². The molecule has 1 aliphatic rings. The third-order valence-electron chi connectivity index (χ3n) is 5.39. The number of rotatable bonds is 5. The maximum absolute atomic E-state index is 11.4. The number of nitro groups is 1. The highest BCUT2D eigenvalue weighted by atomic mass is 16.6. The Labute approximate surface area is 168 Å². The van der Waals surface area contributed by atoms with Crippen LogP contribution in [0.3, 0.4) is 0 Å². The van der Waals surface area contributed by atoms with Crippen LogP contribution in [0.25, 0.3) is 0 Å². The lowest BCUT2D eigenvalue weighted by molar-refractivity contribution is -0.926. The Morgan fingerprint density at radius 1 is 0.966 bits per heavy atom. The van der Waals surface area contributed by atoms with Gasteiger partial charge in [-0.25, -0.2) is 9.97 Å². The van der Waals surface area contributed by atoms with E-state index in [0.29, 0.717) is 18.9 Å². The summed E-state index contributed by atoms with van der Waals surface area (Å²) in [7, 11) is 0. The molecule has 0 spiro atoms. The molecule has 0 radical (unpaired) electrons. The first-order chi connectivity index (χ1) is 14.1. The highest BCUT2D eigenvalue weighted by Gasteiger charge is 2.33. The number of nitrogens with zero attached hydrogens (tertiary/aromatic N) is 4. The largest absolute Gasteiger partial charge is 0.378 e. The van der Waals surface area contributed by atoms with E-state index in [1.54, 1.807) is 0 Å². The van der Waals surface area contributed by atoms with Crippen molar-refractivity contribution < 1.29 is 9.82 Å². The highest BCUT2D eigenvalue weighted by Crippen LogP contribution is 2.29. The molecule has 2 heterocycles. The lowest BCUT2D eigenvalue weighted by Crippen LogP contribution is -3.15. The molecule has 8 heteroatoms. The molecule has 148 valence electrons. The molecule has 2 aromatic carbocycles. The molecule has 1 aliphatic heterocycles. The Hall–Kier alpha value is -3.52. The van der Waals surface area contributed by atoms with Crippen LogP contribution in [0.5, 0.6) is 0 Å². The van der Waals surface area contributed by atoms with Gasteiger partial charge in [-0.15, -0.1) is 0 Å². The summed E-state index contributed by atoms with van der Waals surface area (Å²) in [4.78, 5) is 22.2. The molecule has 0 atom stereocenters. The zero-order valence-corrected chi connectivity index (χ0v) is 15.9. The fraction of sp³-hybridized carbons (Fsp3) is 0.238. The maximum atomic E-state index is 11.4. The molecule has 4 rings (SSSR count). The lowest BCUT2D eigenvalue weighted by Gasteiger charge is -2.37. The van der Waals surface area contributed by atoms with Crippen LogP contribution in [-0.4, -0.2) is 41.1 Å². The van der Waals surface area contributed by atoms with Gasteiger partial charge >= 0.3 is 5.69 Å². The lowest BCUT2D eigenvalue weighted by atomic mass is 9.96. The third-order valence-corrected chi connectivity index (χ3v) is 5.39. The highest BCUT2D eigenvalue weighted by molar-refractivity contribution is 5.68. The first kappa shape index (κ1) is 18.8. The topological polar surface area (TPSA) is 103 Å². The molecule has 3 N–H and O–H groups in total. The van der Waals surface area contributed by atoms with Gasteiger partial charge in [0.25, 0.3) is 0 Å². The Balaban J connectivity index is 1.58. The van der Waals surface area contributed by atoms with E-state index >= 15 is 0 Å². The predicted octanol–water partition coefficient (Wildman–Crippen LogP) is 1.46. The fourth-order valence-corrected chi connectivity index (χ4v) is 4.04. The minimum Gasteiger partial charge on any atom is -0.378 e. The second kappa shape index (κ2) is 8.24. The van der Waals surface area contributed by atoms with Crippen molar-refractivity contribution in [3.05, 3.63) is 88.2 Å². The van der Waals surface area contributed by atoms with E-state index in [4.69, 9.17) is 5.73 Å². The maximum Gasteiger partial charge on any atom is 0.353 e. The van der Waals surface area contributed by atoms with Crippen LogP contribution < -0.4 is 15.5 Å². The number of nitrogens with one attached hydrogen (secondary N) is 1. The second-order valence-electron chi connectivity index (χ2n) is 7.09. The van der Waals surface area contributed by atoms with Gasteiger partial charge in [0.2, 0.25) is 11.6 Å². The van der Waals surface area contributed by atoms with E-state index in [1.165, 1.54) is 22.4 Å². The molecule has 0 unspecified atom stereocenters. The van der Waals surface area contributed by atoms with E-state index in [0.717, 1.165) is 13.1 Å². The molecule has 1 saturated heterocycles. The molecule has 0 aliphatic carbocycles. The number of hydrogen-bond donors (Lipinski definition) is 2. The number of nitrogens with two attached hydrogens (primary N) is 1. The zero-order valence-electron chi connectivity index (χ0n) is 15.9. The molecular weight excluding hydrogens is 368 g/mol. The monoisotopic (exact) mass is 391 g/mol. The summed E-state index contributed by atoms with van der Waals surface area (Å²) in [6.07, 6.45) is 1.29. The van der Waals surface area contributed by atoms with Crippen LogP contribution >= 0.6 is 0 Å². The van der Waals surface area contributed by atoms with Gasteiger partial charge in [0, 0.05) is 11.1 Å². The number of hydrogen-bond acceptors (Lipinski definition) is 6. The second-order valence-corrected chi connectivity index (χ2v) is 7.09. The first-order valence-corrected chi connectivity index (χ1v) is 9.59. The number of aromatic nitrogens is 2. The van der Waals surface area contributed by atoms with Crippen molar-refractivity contribution in [1.82, 2.24) is 9.97 Å². The molecule has 3 aromatic rings. The third kappa shape index (κ3) is 3.88. The van der Waals surface area contributed by atoms with Crippen LogP contribution in [0.2, 0.25) is 0 Å². The number of benzene rings is 2. The molecule has 8 nitrogen and oxygen atoms in total. The number of quaternary nitrogens is 1. The Bertz CT molecular complexity index is 935. The summed E-state index contributed by atoms with van der Waals surface area (Å²) in [5, 5.41) is 11.4. The van der Waals surface area contributed by atoms with E-state index in [9.17, 15) is 10.1 Å². The smallest absolute Gasteiger partial charge is 0.353 e. The van der Waals surface area contributed by atoms with E-state index in [-0.39, 0.29) is 17.5 Å². The van der Waals surface area contributed by atoms with Crippen molar-refractivity contribution in [2.45, 2.75) is 6.04 Å². The summed E-state index contributed by atoms with van der Waals surface area (Å²) in [6, 6.07) is 21.2. The van der Waals surface area contributed by atoms with Crippen molar-refractivity contribution in [1.29, 1.82) is 0 Å². The average Bonchev–Trinajstić information content (AvgIpc) is 2.75.